The molecule has 0 saturated heterocycles. The standard InChI is InChI=1S/C22H29FN2OS/c1-4-25(17(2)3)15-18-9-11-19(12-10-18)22(26)24-13-14-27-16-20-7-5-6-8-21(20)23/h5-12,17H,4,13-16H2,1-3H3,(H,24,26). The van der Waals surface area contributed by atoms with Crippen LogP contribution in [0.1, 0.15) is 42.3 Å². The molecule has 0 atom stereocenters. The van der Waals surface area contributed by atoms with Gasteiger partial charge < -0.3 is 5.32 Å². The van der Waals surface area contributed by atoms with E-state index in [0.29, 0.717) is 29.5 Å². The van der Waals surface area contributed by atoms with E-state index in [-0.39, 0.29) is 11.7 Å². The van der Waals surface area contributed by atoms with E-state index in [1.165, 1.54) is 11.6 Å². The molecular weight excluding hydrogens is 359 g/mol. The molecule has 146 valence electrons. The Labute approximate surface area is 166 Å². The molecule has 2 aromatic rings. The van der Waals surface area contributed by atoms with Crippen LogP contribution in [0.15, 0.2) is 48.5 Å². The quantitative estimate of drug-likeness (QED) is 0.598. The summed E-state index contributed by atoms with van der Waals surface area (Å²) in [6.45, 7) is 9.00. The van der Waals surface area contributed by atoms with Crippen LogP contribution >= 0.6 is 11.8 Å². The SMILES string of the molecule is CCN(Cc1ccc(C(=O)NCCSCc2ccccc2F)cc1)C(C)C. The third-order valence-electron chi connectivity index (χ3n) is 4.49. The molecule has 0 aliphatic rings. The second kappa shape index (κ2) is 11.1. The van der Waals surface area contributed by atoms with E-state index >= 15 is 0 Å². The summed E-state index contributed by atoms with van der Waals surface area (Å²) in [4.78, 5) is 14.6. The summed E-state index contributed by atoms with van der Waals surface area (Å²) in [6.07, 6.45) is 0. The first kappa shape index (κ1) is 21.5. The fourth-order valence-electron chi connectivity index (χ4n) is 2.79. The molecule has 0 saturated carbocycles. The first-order valence-electron chi connectivity index (χ1n) is 9.43. The molecule has 27 heavy (non-hydrogen) atoms. The lowest BCUT2D eigenvalue weighted by Gasteiger charge is -2.24. The molecule has 0 bridgehead atoms. The Morgan fingerprint density at radius 3 is 2.48 bits per heavy atom. The number of nitrogens with zero attached hydrogens (tertiary/aromatic N) is 1. The minimum atomic E-state index is -0.173. The lowest BCUT2D eigenvalue weighted by molar-refractivity contribution is 0.0956. The van der Waals surface area contributed by atoms with Gasteiger partial charge in [-0.25, -0.2) is 4.39 Å². The van der Waals surface area contributed by atoms with Gasteiger partial charge in [-0.2, -0.15) is 11.8 Å². The minimum Gasteiger partial charge on any atom is -0.351 e. The predicted octanol–water partition coefficient (Wildman–Crippen LogP) is 4.72. The van der Waals surface area contributed by atoms with E-state index < -0.39 is 0 Å². The molecule has 0 unspecified atom stereocenters. The van der Waals surface area contributed by atoms with E-state index in [0.717, 1.165) is 18.8 Å². The summed E-state index contributed by atoms with van der Waals surface area (Å²) >= 11 is 1.61. The Morgan fingerprint density at radius 2 is 1.85 bits per heavy atom. The average Bonchev–Trinajstić information content (AvgIpc) is 2.67. The van der Waals surface area contributed by atoms with E-state index in [1.54, 1.807) is 23.9 Å². The zero-order chi connectivity index (χ0) is 19.6. The minimum absolute atomic E-state index is 0.0655. The number of nitrogens with one attached hydrogen (secondary N) is 1. The number of carbonyl (C=O) groups excluding carboxylic acids is 1. The van der Waals surface area contributed by atoms with Crippen molar-refractivity contribution in [1.29, 1.82) is 0 Å². The lowest BCUT2D eigenvalue weighted by atomic mass is 10.1. The highest BCUT2D eigenvalue weighted by Crippen LogP contribution is 2.15. The molecule has 0 aliphatic carbocycles. The van der Waals surface area contributed by atoms with Crippen LogP contribution in [0.25, 0.3) is 0 Å². The van der Waals surface area contributed by atoms with Gasteiger partial charge in [0.05, 0.1) is 0 Å². The van der Waals surface area contributed by atoms with Gasteiger partial charge in [-0.1, -0.05) is 37.3 Å². The van der Waals surface area contributed by atoms with Crippen molar-refractivity contribution in [3.05, 3.63) is 71.0 Å². The Kier molecular flexibility index (Phi) is 8.82. The molecule has 0 heterocycles. The van der Waals surface area contributed by atoms with Gasteiger partial charge in [0.25, 0.3) is 5.91 Å². The molecule has 2 aromatic carbocycles. The van der Waals surface area contributed by atoms with Gasteiger partial charge in [0.2, 0.25) is 0 Å². The molecule has 0 spiro atoms. The monoisotopic (exact) mass is 388 g/mol. The summed E-state index contributed by atoms with van der Waals surface area (Å²) in [7, 11) is 0. The van der Waals surface area contributed by atoms with Crippen molar-refractivity contribution >= 4 is 17.7 Å². The summed E-state index contributed by atoms with van der Waals surface area (Å²) in [5, 5.41) is 2.93. The molecular formula is C22H29FN2OS. The molecule has 0 radical (unpaired) electrons. The summed E-state index contributed by atoms with van der Waals surface area (Å²) < 4.78 is 13.5. The van der Waals surface area contributed by atoms with Crippen LogP contribution in [0.5, 0.6) is 0 Å². The first-order chi connectivity index (χ1) is 13.0. The third-order valence-corrected chi connectivity index (χ3v) is 5.49. The molecule has 1 N–H and O–H groups in total. The van der Waals surface area contributed by atoms with Crippen molar-refractivity contribution < 1.29 is 9.18 Å². The molecule has 1 amide bonds. The normalized spacial score (nSPS) is 11.2. The Hall–Kier alpha value is -1.85. The van der Waals surface area contributed by atoms with Crippen molar-refractivity contribution in [3.63, 3.8) is 0 Å². The van der Waals surface area contributed by atoms with Crippen LogP contribution in [-0.2, 0) is 12.3 Å². The molecule has 0 aromatic heterocycles. The maximum atomic E-state index is 13.5. The average molecular weight is 389 g/mol. The van der Waals surface area contributed by atoms with Crippen molar-refractivity contribution in [2.24, 2.45) is 0 Å². The second-order valence-electron chi connectivity index (χ2n) is 6.75. The maximum absolute atomic E-state index is 13.5. The highest BCUT2D eigenvalue weighted by Gasteiger charge is 2.09. The van der Waals surface area contributed by atoms with E-state index in [2.05, 4.69) is 31.0 Å². The molecule has 0 aliphatic heterocycles. The molecule has 0 fully saturated rings. The van der Waals surface area contributed by atoms with Crippen LogP contribution in [0.4, 0.5) is 4.39 Å². The zero-order valence-electron chi connectivity index (χ0n) is 16.4. The number of thioether (sulfide) groups is 1. The number of rotatable bonds is 10. The van der Waals surface area contributed by atoms with Gasteiger partial charge in [0, 0.05) is 36.2 Å². The highest BCUT2D eigenvalue weighted by atomic mass is 32.2. The van der Waals surface area contributed by atoms with Crippen molar-refractivity contribution in [1.82, 2.24) is 10.2 Å². The van der Waals surface area contributed by atoms with Gasteiger partial charge in [-0.15, -0.1) is 0 Å². The molecule has 5 heteroatoms. The number of hydrogen-bond donors (Lipinski definition) is 1. The van der Waals surface area contributed by atoms with Crippen molar-refractivity contribution in [2.75, 3.05) is 18.8 Å². The number of hydrogen-bond acceptors (Lipinski definition) is 3. The summed E-state index contributed by atoms with van der Waals surface area (Å²) in [6, 6.07) is 15.1. The van der Waals surface area contributed by atoms with E-state index in [1.807, 2.05) is 30.3 Å². The van der Waals surface area contributed by atoms with Gasteiger partial charge in [-0.05, 0) is 49.7 Å². The van der Waals surface area contributed by atoms with Crippen molar-refractivity contribution in [2.45, 2.75) is 39.1 Å². The Balaban J connectivity index is 1.73. The maximum Gasteiger partial charge on any atom is 0.251 e. The van der Waals surface area contributed by atoms with Crippen LogP contribution in [0.3, 0.4) is 0 Å². The Morgan fingerprint density at radius 1 is 1.15 bits per heavy atom. The highest BCUT2D eigenvalue weighted by molar-refractivity contribution is 7.98. The Bertz CT molecular complexity index is 719. The van der Waals surface area contributed by atoms with Gasteiger partial charge >= 0.3 is 0 Å². The van der Waals surface area contributed by atoms with Crippen LogP contribution in [0, 0.1) is 5.82 Å². The van der Waals surface area contributed by atoms with Crippen LogP contribution in [-0.4, -0.2) is 35.7 Å². The lowest BCUT2D eigenvalue weighted by Crippen LogP contribution is -2.30. The molecule has 2 rings (SSSR count). The van der Waals surface area contributed by atoms with Crippen LogP contribution < -0.4 is 5.32 Å². The predicted molar refractivity (Wildman–Crippen MR) is 113 cm³/mol. The summed E-state index contributed by atoms with van der Waals surface area (Å²) in [5.74, 6) is 1.12. The fourth-order valence-corrected chi connectivity index (χ4v) is 3.64. The third kappa shape index (κ3) is 7.00. The van der Waals surface area contributed by atoms with Crippen molar-refractivity contribution in [3.8, 4) is 0 Å². The van der Waals surface area contributed by atoms with Gasteiger partial charge in [0.15, 0.2) is 0 Å². The van der Waals surface area contributed by atoms with E-state index in [4.69, 9.17) is 0 Å². The smallest absolute Gasteiger partial charge is 0.251 e. The first-order valence-corrected chi connectivity index (χ1v) is 10.6. The molecule has 3 nitrogen and oxygen atoms in total. The van der Waals surface area contributed by atoms with Gasteiger partial charge in [0.1, 0.15) is 5.82 Å². The number of amides is 1. The topological polar surface area (TPSA) is 32.3 Å². The largest absolute Gasteiger partial charge is 0.351 e. The van der Waals surface area contributed by atoms with E-state index in [9.17, 15) is 9.18 Å². The fraction of sp³-hybridized carbons (Fsp3) is 0.409. The second-order valence-corrected chi connectivity index (χ2v) is 7.86. The number of benzene rings is 2. The van der Waals surface area contributed by atoms with Gasteiger partial charge in [-0.3, -0.25) is 9.69 Å². The van der Waals surface area contributed by atoms with Crippen LogP contribution in [0.2, 0.25) is 0 Å². The number of halogens is 1. The number of carbonyl (C=O) groups is 1. The summed E-state index contributed by atoms with van der Waals surface area (Å²) in [5.41, 5.74) is 2.58. The zero-order valence-corrected chi connectivity index (χ0v) is 17.2.